The van der Waals surface area contributed by atoms with Gasteiger partial charge in [-0.1, -0.05) is 41.9 Å². The zero-order chi connectivity index (χ0) is 26.1. The Labute approximate surface area is 222 Å². The van der Waals surface area contributed by atoms with Crippen LogP contribution in [0.25, 0.3) is 0 Å². The molecule has 0 spiro atoms. The fourth-order valence-corrected chi connectivity index (χ4v) is 4.52. The highest BCUT2D eigenvalue weighted by Crippen LogP contribution is 2.27. The third-order valence-corrected chi connectivity index (χ3v) is 6.70. The van der Waals surface area contributed by atoms with Crippen LogP contribution in [0.15, 0.2) is 73.3 Å². The van der Waals surface area contributed by atoms with E-state index >= 15 is 0 Å². The van der Waals surface area contributed by atoms with Crippen LogP contribution in [0.5, 0.6) is 5.75 Å². The minimum atomic E-state index is -0.958. The average Bonchev–Trinajstić information content (AvgIpc) is 3.43. The number of rotatable bonds is 11. The molecule has 2 amide bonds. The van der Waals surface area contributed by atoms with Crippen LogP contribution in [0.2, 0.25) is 5.02 Å². The Kier molecular flexibility index (Phi) is 9.19. The van der Waals surface area contributed by atoms with Crippen molar-refractivity contribution in [3.63, 3.8) is 0 Å². The minimum absolute atomic E-state index is 0.0457. The molecule has 1 aliphatic rings. The first kappa shape index (κ1) is 26.7. The standard InChI is InChI=1S/C28H33ClN4O4/c1-31(19-23-6-3-2-4-7-23)27(35)18-28(21-36-25-11-9-24(29)10-12-25)20-33(16-17-37-28)26(34)8-5-14-32-15-13-30-22-32/h2-4,6-7,9-13,15,22H,5,8,14,16-21H2,1H3. The molecular formula is C28H33ClN4O4. The van der Waals surface area contributed by atoms with Crippen LogP contribution < -0.4 is 4.74 Å². The monoisotopic (exact) mass is 524 g/mol. The molecule has 8 nitrogen and oxygen atoms in total. The molecule has 9 heteroatoms. The number of hydrogen-bond acceptors (Lipinski definition) is 5. The van der Waals surface area contributed by atoms with Crippen molar-refractivity contribution in [1.82, 2.24) is 19.4 Å². The van der Waals surface area contributed by atoms with E-state index in [2.05, 4.69) is 4.98 Å². The highest BCUT2D eigenvalue weighted by molar-refractivity contribution is 6.30. The number of morpholine rings is 1. The molecule has 0 bridgehead atoms. The Morgan fingerprint density at radius 1 is 1.16 bits per heavy atom. The summed E-state index contributed by atoms with van der Waals surface area (Å²) in [6, 6.07) is 16.9. The molecule has 0 saturated carbocycles. The van der Waals surface area contributed by atoms with Crippen molar-refractivity contribution in [3.05, 3.63) is 83.9 Å². The summed E-state index contributed by atoms with van der Waals surface area (Å²) >= 11 is 6.01. The molecule has 2 aromatic carbocycles. The molecule has 1 saturated heterocycles. The number of amides is 2. The Hall–Kier alpha value is -3.36. The van der Waals surface area contributed by atoms with Crippen LogP contribution in [-0.2, 0) is 27.4 Å². The van der Waals surface area contributed by atoms with Gasteiger partial charge in [-0.15, -0.1) is 0 Å². The fraction of sp³-hybridized carbons (Fsp3) is 0.393. The lowest BCUT2D eigenvalue weighted by atomic mass is 9.96. The lowest BCUT2D eigenvalue weighted by molar-refractivity contribution is -0.165. The molecule has 196 valence electrons. The molecule has 4 rings (SSSR count). The zero-order valence-electron chi connectivity index (χ0n) is 21.1. The van der Waals surface area contributed by atoms with Crippen LogP contribution >= 0.6 is 11.6 Å². The number of halogens is 1. The van der Waals surface area contributed by atoms with Gasteiger partial charge in [0, 0.05) is 50.5 Å². The number of hydrogen-bond donors (Lipinski definition) is 0. The summed E-state index contributed by atoms with van der Waals surface area (Å²) in [5.41, 5.74) is 0.0870. The molecule has 1 unspecified atom stereocenters. The predicted octanol–water partition coefficient (Wildman–Crippen LogP) is 4.04. The van der Waals surface area contributed by atoms with Crippen molar-refractivity contribution in [2.45, 2.75) is 38.0 Å². The molecule has 1 aromatic heterocycles. The summed E-state index contributed by atoms with van der Waals surface area (Å²) in [4.78, 5) is 33.9. The number of imidazole rings is 1. The number of nitrogens with zero attached hydrogens (tertiary/aromatic N) is 4. The maximum atomic E-state index is 13.3. The predicted molar refractivity (Wildman–Crippen MR) is 141 cm³/mol. The quantitative estimate of drug-likeness (QED) is 0.378. The van der Waals surface area contributed by atoms with E-state index in [9.17, 15) is 9.59 Å². The van der Waals surface area contributed by atoms with Gasteiger partial charge in [0.2, 0.25) is 11.8 Å². The van der Waals surface area contributed by atoms with Gasteiger partial charge in [-0.25, -0.2) is 4.98 Å². The summed E-state index contributed by atoms with van der Waals surface area (Å²) in [7, 11) is 1.78. The van der Waals surface area contributed by atoms with Gasteiger partial charge in [0.15, 0.2) is 0 Å². The van der Waals surface area contributed by atoms with Gasteiger partial charge in [-0.05, 0) is 36.2 Å². The van der Waals surface area contributed by atoms with Crippen molar-refractivity contribution in [2.75, 3.05) is 33.4 Å². The van der Waals surface area contributed by atoms with E-state index < -0.39 is 5.60 Å². The number of aromatic nitrogens is 2. The van der Waals surface area contributed by atoms with E-state index in [-0.39, 0.29) is 31.4 Å². The van der Waals surface area contributed by atoms with E-state index in [1.54, 1.807) is 53.6 Å². The molecule has 2 heterocycles. The maximum absolute atomic E-state index is 13.3. The molecular weight excluding hydrogens is 492 g/mol. The number of benzene rings is 2. The van der Waals surface area contributed by atoms with E-state index in [1.807, 2.05) is 41.1 Å². The summed E-state index contributed by atoms with van der Waals surface area (Å²) in [5, 5.41) is 0.612. The maximum Gasteiger partial charge on any atom is 0.225 e. The van der Waals surface area contributed by atoms with Crippen molar-refractivity contribution in [1.29, 1.82) is 0 Å². The number of carbonyl (C=O) groups is 2. The summed E-state index contributed by atoms with van der Waals surface area (Å²) in [5.74, 6) is 0.601. The van der Waals surface area contributed by atoms with E-state index in [4.69, 9.17) is 21.1 Å². The average molecular weight is 525 g/mol. The van der Waals surface area contributed by atoms with Crippen molar-refractivity contribution in [3.8, 4) is 5.75 Å². The first-order valence-electron chi connectivity index (χ1n) is 12.5. The molecule has 37 heavy (non-hydrogen) atoms. The molecule has 1 atom stereocenters. The van der Waals surface area contributed by atoms with Crippen molar-refractivity contribution in [2.24, 2.45) is 0 Å². The van der Waals surface area contributed by atoms with E-state index in [0.717, 1.165) is 12.1 Å². The zero-order valence-corrected chi connectivity index (χ0v) is 21.8. The lowest BCUT2D eigenvalue weighted by Gasteiger charge is -2.42. The molecule has 3 aromatic rings. The minimum Gasteiger partial charge on any atom is -0.490 e. The summed E-state index contributed by atoms with van der Waals surface area (Å²) < 4.78 is 14.2. The van der Waals surface area contributed by atoms with Gasteiger partial charge in [0.1, 0.15) is 18.0 Å². The second kappa shape index (κ2) is 12.7. The van der Waals surface area contributed by atoms with Gasteiger partial charge >= 0.3 is 0 Å². The second-order valence-electron chi connectivity index (χ2n) is 9.41. The Bertz CT molecular complexity index is 1140. The summed E-state index contributed by atoms with van der Waals surface area (Å²) in [6.07, 6.45) is 6.58. The smallest absolute Gasteiger partial charge is 0.225 e. The molecule has 0 N–H and O–H groups in total. The van der Waals surface area contributed by atoms with E-state index in [0.29, 0.717) is 43.3 Å². The summed E-state index contributed by atoms with van der Waals surface area (Å²) in [6.45, 7) is 2.47. The van der Waals surface area contributed by atoms with Gasteiger partial charge < -0.3 is 23.8 Å². The van der Waals surface area contributed by atoms with Gasteiger partial charge in [0.25, 0.3) is 0 Å². The number of ether oxygens (including phenoxy) is 2. The number of aryl methyl sites for hydroxylation is 1. The van der Waals surface area contributed by atoms with Crippen LogP contribution in [0.1, 0.15) is 24.8 Å². The Morgan fingerprint density at radius 2 is 1.95 bits per heavy atom. The van der Waals surface area contributed by atoms with Gasteiger partial charge in [0.05, 0.1) is 25.9 Å². The molecule has 1 fully saturated rings. The third kappa shape index (κ3) is 7.81. The van der Waals surface area contributed by atoms with Crippen LogP contribution in [0, 0.1) is 0 Å². The van der Waals surface area contributed by atoms with Gasteiger partial charge in [-0.2, -0.15) is 0 Å². The second-order valence-corrected chi connectivity index (χ2v) is 9.84. The normalized spacial score (nSPS) is 17.4. The lowest BCUT2D eigenvalue weighted by Crippen LogP contribution is -2.58. The molecule has 1 aliphatic heterocycles. The largest absolute Gasteiger partial charge is 0.490 e. The van der Waals surface area contributed by atoms with Crippen molar-refractivity contribution >= 4 is 23.4 Å². The highest BCUT2D eigenvalue weighted by atomic mass is 35.5. The molecule has 0 radical (unpaired) electrons. The van der Waals surface area contributed by atoms with Crippen LogP contribution in [0.3, 0.4) is 0 Å². The van der Waals surface area contributed by atoms with Crippen molar-refractivity contribution < 1.29 is 19.1 Å². The Balaban J connectivity index is 1.42. The molecule has 0 aliphatic carbocycles. The highest BCUT2D eigenvalue weighted by Gasteiger charge is 2.42. The Morgan fingerprint density at radius 3 is 2.68 bits per heavy atom. The number of carbonyl (C=O) groups excluding carboxylic acids is 2. The van der Waals surface area contributed by atoms with Gasteiger partial charge in [-0.3, -0.25) is 9.59 Å². The van der Waals surface area contributed by atoms with E-state index in [1.165, 1.54) is 0 Å². The third-order valence-electron chi connectivity index (χ3n) is 6.44. The SMILES string of the molecule is CN(Cc1ccccc1)C(=O)CC1(COc2ccc(Cl)cc2)CN(C(=O)CCCn2ccnc2)CCO1. The van der Waals surface area contributed by atoms with Crippen LogP contribution in [-0.4, -0.2) is 70.1 Å². The topological polar surface area (TPSA) is 76.9 Å². The fourth-order valence-electron chi connectivity index (χ4n) is 4.39. The first-order valence-corrected chi connectivity index (χ1v) is 12.8. The first-order chi connectivity index (χ1) is 17.9. The van der Waals surface area contributed by atoms with Crippen LogP contribution in [0.4, 0.5) is 0 Å².